The summed E-state index contributed by atoms with van der Waals surface area (Å²) in [6.07, 6.45) is 2.43. The molecule has 1 fully saturated rings. The third-order valence-corrected chi connectivity index (χ3v) is 5.72. The Balaban J connectivity index is 1.51. The Morgan fingerprint density at radius 3 is 2.52 bits per heavy atom. The molecule has 4 heteroatoms. The lowest BCUT2D eigenvalue weighted by molar-refractivity contribution is 0.0697. The Labute approximate surface area is 169 Å². The second-order valence-corrected chi connectivity index (χ2v) is 7.82. The molecule has 4 nitrogen and oxygen atoms in total. The number of carboxylic acid groups (broad SMARTS) is 1. The molecule has 3 aromatic carbocycles. The molecular formula is C25H22N2O2. The lowest BCUT2D eigenvalue weighted by Crippen LogP contribution is -2.04. The van der Waals surface area contributed by atoms with Gasteiger partial charge in [-0.3, -0.25) is 0 Å². The summed E-state index contributed by atoms with van der Waals surface area (Å²) < 4.78 is 2.35. The summed E-state index contributed by atoms with van der Waals surface area (Å²) in [6.45, 7) is 2.89. The van der Waals surface area contributed by atoms with Crippen molar-refractivity contribution in [3.63, 3.8) is 0 Å². The highest BCUT2D eigenvalue weighted by Gasteiger charge is 2.29. The van der Waals surface area contributed by atoms with Gasteiger partial charge in [0.2, 0.25) is 0 Å². The van der Waals surface area contributed by atoms with Gasteiger partial charge in [-0.25, -0.2) is 9.78 Å². The fourth-order valence-electron chi connectivity index (χ4n) is 4.02. The van der Waals surface area contributed by atoms with Crippen LogP contribution in [0.2, 0.25) is 0 Å². The minimum absolute atomic E-state index is 0.326. The molecule has 0 bridgehead atoms. The van der Waals surface area contributed by atoms with Crippen molar-refractivity contribution in [1.82, 2.24) is 9.55 Å². The van der Waals surface area contributed by atoms with Crippen LogP contribution in [0.4, 0.5) is 0 Å². The van der Waals surface area contributed by atoms with Crippen LogP contribution >= 0.6 is 0 Å². The molecule has 1 saturated carbocycles. The minimum Gasteiger partial charge on any atom is -0.478 e. The Kier molecular flexibility index (Phi) is 4.20. The number of rotatable bonds is 5. The van der Waals surface area contributed by atoms with Crippen molar-refractivity contribution < 1.29 is 9.90 Å². The highest BCUT2D eigenvalue weighted by atomic mass is 16.4. The van der Waals surface area contributed by atoms with Crippen LogP contribution in [0.25, 0.3) is 22.2 Å². The molecular weight excluding hydrogens is 360 g/mol. The zero-order valence-electron chi connectivity index (χ0n) is 16.3. The van der Waals surface area contributed by atoms with E-state index in [1.807, 2.05) is 24.3 Å². The van der Waals surface area contributed by atoms with Gasteiger partial charge in [-0.15, -0.1) is 0 Å². The molecule has 1 heterocycles. The van der Waals surface area contributed by atoms with Gasteiger partial charge in [0.1, 0.15) is 5.82 Å². The smallest absolute Gasteiger partial charge is 0.336 e. The average molecular weight is 382 g/mol. The fourth-order valence-corrected chi connectivity index (χ4v) is 4.02. The van der Waals surface area contributed by atoms with Crippen LogP contribution in [0.1, 0.15) is 46.1 Å². The summed E-state index contributed by atoms with van der Waals surface area (Å²) in [7, 11) is 0. The number of imidazole rings is 1. The molecule has 29 heavy (non-hydrogen) atoms. The van der Waals surface area contributed by atoms with Crippen molar-refractivity contribution >= 4 is 17.0 Å². The van der Waals surface area contributed by atoms with Crippen molar-refractivity contribution in [2.24, 2.45) is 0 Å². The molecule has 0 saturated heterocycles. The van der Waals surface area contributed by atoms with Crippen molar-refractivity contribution in [3.8, 4) is 11.1 Å². The van der Waals surface area contributed by atoms with Gasteiger partial charge in [0, 0.05) is 12.5 Å². The topological polar surface area (TPSA) is 55.1 Å². The molecule has 144 valence electrons. The SMILES string of the molecule is Cc1cccc2c1nc(C1CC1)n2Cc1ccc(-c2ccccc2C(=O)O)cc1. The quantitative estimate of drug-likeness (QED) is 0.486. The normalized spacial score (nSPS) is 13.7. The van der Waals surface area contributed by atoms with Gasteiger partial charge in [0.25, 0.3) is 0 Å². The number of aryl methyl sites for hydroxylation is 1. The number of hydrogen-bond donors (Lipinski definition) is 1. The Bertz CT molecular complexity index is 1220. The molecule has 1 aliphatic rings. The molecule has 1 aliphatic carbocycles. The van der Waals surface area contributed by atoms with E-state index in [1.165, 1.54) is 35.3 Å². The van der Waals surface area contributed by atoms with E-state index >= 15 is 0 Å². The van der Waals surface area contributed by atoms with E-state index in [4.69, 9.17) is 4.98 Å². The first-order valence-corrected chi connectivity index (χ1v) is 9.99. The first kappa shape index (κ1) is 17.7. The molecule has 0 radical (unpaired) electrons. The lowest BCUT2D eigenvalue weighted by atomic mass is 9.99. The molecule has 0 spiro atoms. The zero-order chi connectivity index (χ0) is 20.0. The molecule has 0 atom stereocenters. The molecule has 0 aliphatic heterocycles. The summed E-state index contributed by atoms with van der Waals surface area (Å²) >= 11 is 0. The number of carboxylic acids is 1. The standard InChI is InChI=1S/C25H22N2O2/c1-16-5-4-8-22-23(16)26-24(19-13-14-19)27(22)15-17-9-11-18(12-10-17)20-6-2-3-7-21(20)25(28)29/h2-12,19H,13-15H2,1H3,(H,28,29). The van der Waals surface area contributed by atoms with Crippen LogP contribution in [0, 0.1) is 6.92 Å². The Morgan fingerprint density at radius 2 is 1.79 bits per heavy atom. The number of para-hydroxylation sites is 1. The number of aromatic carboxylic acids is 1. The summed E-state index contributed by atoms with van der Waals surface area (Å²) in [6, 6.07) is 21.7. The summed E-state index contributed by atoms with van der Waals surface area (Å²) in [5, 5.41) is 9.45. The predicted molar refractivity (Wildman–Crippen MR) is 114 cm³/mol. The van der Waals surface area contributed by atoms with E-state index in [1.54, 1.807) is 12.1 Å². The maximum atomic E-state index is 11.5. The van der Waals surface area contributed by atoms with Gasteiger partial charge in [0.15, 0.2) is 0 Å². The maximum absolute atomic E-state index is 11.5. The van der Waals surface area contributed by atoms with Crippen molar-refractivity contribution in [2.45, 2.75) is 32.2 Å². The van der Waals surface area contributed by atoms with Crippen molar-refractivity contribution in [1.29, 1.82) is 0 Å². The monoisotopic (exact) mass is 382 g/mol. The number of aromatic nitrogens is 2. The number of benzene rings is 3. The molecule has 0 amide bonds. The van der Waals surface area contributed by atoms with Crippen LogP contribution in [0.15, 0.2) is 66.7 Å². The highest BCUT2D eigenvalue weighted by molar-refractivity contribution is 5.96. The first-order chi connectivity index (χ1) is 14.1. The van der Waals surface area contributed by atoms with E-state index < -0.39 is 5.97 Å². The molecule has 4 aromatic rings. The van der Waals surface area contributed by atoms with E-state index in [9.17, 15) is 9.90 Å². The maximum Gasteiger partial charge on any atom is 0.336 e. The van der Waals surface area contributed by atoms with Crippen LogP contribution in [0.5, 0.6) is 0 Å². The van der Waals surface area contributed by atoms with Crippen LogP contribution in [-0.2, 0) is 6.54 Å². The number of carbonyl (C=O) groups is 1. The Hall–Kier alpha value is -3.40. The summed E-state index contributed by atoms with van der Waals surface area (Å²) in [5.41, 5.74) is 6.67. The number of hydrogen-bond acceptors (Lipinski definition) is 2. The summed E-state index contributed by atoms with van der Waals surface area (Å²) in [4.78, 5) is 16.5. The predicted octanol–water partition coefficient (Wildman–Crippen LogP) is 5.64. The van der Waals surface area contributed by atoms with E-state index in [0.29, 0.717) is 11.5 Å². The zero-order valence-corrected chi connectivity index (χ0v) is 16.3. The van der Waals surface area contributed by atoms with Gasteiger partial charge < -0.3 is 9.67 Å². The first-order valence-electron chi connectivity index (χ1n) is 9.99. The van der Waals surface area contributed by atoms with E-state index in [0.717, 1.165) is 23.2 Å². The van der Waals surface area contributed by atoms with Crippen molar-refractivity contribution in [3.05, 3.63) is 89.2 Å². The average Bonchev–Trinajstić information content (AvgIpc) is 3.51. The highest BCUT2D eigenvalue weighted by Crippen LogP contribution is 2.41. The van der Waals surface area contributed by atoms with Crippen LogP contribution in [0.3, 0.4) is 0 Å². The third kappa shape index (κ3) is 3.21. The molecule has 5 rings (SSSR count). The third-order valence-electron chi connectivity index (χ3n) is 5.72. The number of fused-ring (bicyclic) bond motifs is 1. The lowest BCUT2D eigenvalue weighted by Gasteiger charge is -2.11. The Morgan fingerprint density at radius 1 is 1.03 bits per heavy atom. The second-order valence-electron chi connectivity index (χ2n) is 7.82. The van der Waals surface area contributed by atoms with Gasteiger partial charge in [-0.2, -0.15) is 0 Å². The molecule has 1 N–H and O–H groups in total. The van der Waals surface area contributed by atoms with Gasteiger partial charge in [-0.05, 0) is 54.2 Å². The number of nitrogens with zero attached hydrogens (tertiary/aromatic N) is 2. The van der Waals surface area contributed by atoms with Gasteiger partial charge in [0.05, 0.1) is 16.6 Å². The van der Waals surface area contributed by atoms with Crippen LogP contribution < -0.4 is 0 Å². The van der Waals surface area contributed by atoms with E-state index in [-0.39, 0.29) is 0 Å². The van der Waals surface area contributed by atoms with Crippen molar-refractivity contribution in [2.75, 3.05) is 0 Å². The molecule has 1 aromatic heterocycles. The minimum atomic E-state index is -0.904. The van der Waals surface area contributed by atoms with Crippen LogP contribution in [-0.4, -0.2) is 20.6 Å². The summed E-state index contributed by atoms with van der Waals surface area (Å²) in [5.74, 6) is 0.858. The molecule has 0 unspecified atom stereocenters. The van der Waals surface area contributed by atoms with Gasteiger partial charge in [-0.1, -0.05) is 54.6 Å². The van der Waals surface area contributed by atoms with Gasteiger partial charge >= 0.3 is 5.97 Å². The largest absolute Gasteiger partial charge is 0.478 e. The van der Waals surface area contributed by atoms with E-state index in [2.05, 4.69) is 41.8 Å². The second kappa shape index (κ2) is 6.89. The fraction of sp³-hybridized carbons (Fsp3) is 0.200.